The number of aryl methyl sites for hydroxylation is 1. The number of nitrogens with zero attached hydrogens (tertiary/aromatic N) is 3. The van der Waals surface area contributed by atoms with E-state index in [9.17, 15) is 19.2 Å². The van der Waals surface area contributed by atoms with Gasteiger partial charge < -0.3 is 10.1 Å². The summed E-state index contributed by atoms with van der Waals surface area (Å²) in [4.78, 5) is 59.7. The third-order valence-electron chi connectivity index (χ3n) is 7.03. The second-order valence-electron chi connectivity index (χ2n) is 9.58. The van der Waals surface area contributed by atoms with Crippen LogP contribution >= 0.6 is 23.1 Å². The van der Waals surface area contributed by atoms with Crippen molar-refractivity contribution in [2.45, 2.75) is 29.7 Å². The van der Waals surface area contributed by atoms with Crippen LogP contribution in [0.15, 0.2) is 82.9 Å². The normalized spacial score (nSPS) is 19.8. The number of anilines is 2. The molecule has 2 aromatic carbocycles. The van der Waals surface area contributed by atoms with Gasteiger partial charge in [-0.2, -0.15) is 0 Å². The van der Waals surface area contributed by atoms with Crippen LogP contribution in [0.5, 0.6) is 5.75 Å². The smallest absolute Gasteiger partial charge is 0.308 e. The molecule has 2 aromatic heterocycles. The van der Waals surface area contributed by atoms with Crippen LogP contribution in [0.4, 0.5) is 11.4 Å². The van der Waals surface area contributed by atoms with E-state index in [-0.39, 0.29) is 29.1 Å². The van der Waals surface area contributed by atoms with Crippen LogP contribution in [0.2, 0.25) is 0 Å². The summed E-state index contributed by atoms with van der Waals surface area (Å²) >= 11 is 2.18. The molecule has 2 aliphatic rings. The number of ether oxygens (including phenoxy) is 1. The number of rotatable bonds is 6. The molecule has 0 saturated carbocycles. The van der Waals surface area contributed by atoms with Gasteiger partial charge in [0.1, 0.15) is 17.5 Å². The molecule has 202 valence electrons. The second kappa shape index (κ2) is 10.4. The Morgan fingerprint density at radius 1 is 1.05 bits per heavy atom. The number of thiazole rings is 1. The van der Waals surface area contributed by atoms with Crippen LogP contribution < -0.4 is 19.8 Å². The summed E-state index contributed by atoms with van der Waals surface area (Å²) in [5.41, 5.74) is 2.81. The molecular weight excluding hydrogens is 548 g/mol. The predicted molar refractivity (Wildman–Crippen MR) is 153 cm³/mol. The fourth-order valence-electron chi connectivity index (χ4n) is 5.23. The molecule has 0 unspecified atom stereocenters. The maximum Gasteiger partial charge on any atom is 0.308 e. The lowest BCUT2D eigenvalue weighted by Gasteiger charge is -2.30. The number of carbonyl (C=O) groups excluding carboxylic acids is 3. The minimum Gasteiger partial charge on any atom is -0.497 e. The molecule has 0 bridgehead atoms. The van der Waals surface area contributed by atoms with E-state index in [0.29, 0.717) is 27.0 Å². The second-order valence-corrected chi connectivity index (χ2v) is 11.7. The van der Waals surface area contributed by atoms with Crippen LogP contribution in [0.1, 0.15) is 21.9 Å². The third kappa shape index (κ3) is 4.50. The van der Waals surface area contributed by atoms with Crippen LogP contribution in [0.3, 0.4) is 0 Å². The molecule has 6 rings (SSSR count). The van der Waals surface area contributed by atoms with Crippen molar-refractivity contribution in [1.82, 2.24) is 9.55 Å². The van der Waals surface area contributed by atoms with Crippen molar-refractivity contribution in [3.63, 3.8) is 0 Å². The molecule has 4 heterocycles. The highest BCUT2D eigenvalue weighted by molar-refractivity contribution is 8.00. The SMILES string of the molecule is COc1ccc(N2C(=O)[C@H]3[C@H](c4cccnc4)c4sc(=O)n(CC(=O)Nc5cccc(C)c5)c4S[C@H]3C2=O)cc1. The lowest BCUT2D eigenvalue weighted by Crippen LogP contribution is -2.33. The minimum absolute atomic E-state index is 0.215. The maximum atomic E-state index is 13.9. The number of benzene rings is 2. The number of hydrogen-bond donors (Lipinski definition) is 1. The lowest BCUT2D eigenvalue weighted by atomic mass is 9.84. The molecule has 1 fully saturated rings. The molecule has 0 spiro atoms. The lowest BCUT2D eigenvalue weighted by molar-refractivity contribution is -0.122. The first kappa shape index (κ1) is 26.0. The van der Waals surface area contributed by atoms with Crippen molar-refractivity contribution < 1.29 is 19.1 Å². The number of fused-ring (bicyclic) bond motifs is 2. The summed E-state index contributed by atoms with van der Waals surface area (Å²) in [7, 11) is 1.55. The van der Waals surface area contributed by atoms with Crippen LogP contribution in [-0.2, 0) is 20.9 Å². The molecule has 0 radical (unpaired) electrons. The number of carbonyl (C=O) groups is 3. The average Bonchev–Trinajstić information content (AvgIpc) is 3.39. The summed E-state index contributed by atoms with van der Waals surface area (Å²) in [6, 6.07) is 17.8. The number of pyridine rings is 1. The summed E-state index contributed by atoms with van der Waals surface area (Å²) in [6.45, 7) is 1.71. The van der Waals surface area contributed by atoms with Crippen molar-refractivity contribution in [2.24, 2.45) is 5.92 Å². The van der Waals surface area contributed by atoms with Crippen molar-refractivity contribution in [1.29, 1.82) is 0 Å². The molecular formula is C29H24N4O5S2. The third-order valence-corrected chi connectivity index (χ3v) is 9.63. The summed E-state index contributed by atoms with van der Waals surface area (Å²) in [5.74, 6) is -1.74. The minimum atomic E-state index is -0.771. The zero-order chi connectivity index (χ0) is 28.0. The number of hydrogen-bond acceptors (Lipinski definition) is 8. The first-order chi connectivity index (χ1) is 19.4. The monoisotopic (exact) mass is 572 g/mol. The predicted octanol–water partition coefficient (Wildman–Crippen LogP) is 4.06. The highest BCUT2D eigenvalue weighted by Gasteiger charge is 2.56. The quantitative estimate of drug-likeness (QED) is 0.347. The van der Waals surface area contributed by atoms with Gasteiger partial charge in [0.25, 0.3) is 0 Å². The highest BCUT2D eigenvalue weighted by Crippen LogP contribution is 2.53. The molecule has 2 aliphatic heterocycles. The number of nitrogens with one attached hydrogen (secondary N) is 1. The van der Waals surface area contributed by atoms with E-state index in [1.807, 2.05) is 31.2 Å². The molecule has 1 N–H and O–H groups in total. The van der Waals surface area contributed by atoms with Crippen LogP contribution in [0.25, 0.3) is 0 Å². The van der Waals surface area contributed by atoms with E-state index < -0.39 is 17.1 Å². The molecule has 3 atom stereocenters. The van der Waals surface area contributed by atoms with Gasteiger partial charge in [-0.3, -0.25) is 28.7 Å². The molecule has 11 heteroatoms. The first-order valence-electron chi connectivity index (χ1n) is 12.5. The van der Waals surface area contributed by atoms with Gasteiger partial charge in [0.15, 0.2) is 0 Å². The number of methoxy groups -OCH3 is 1. The number of imide groups is 1. The molecule has 4 aromatic rings. The van der Waals surface area contributed by atoms with Gasteiger partial charge in [0, 0.05) is 28.9 Å². The summed E-state index contributed by atoms with van der Waals surface area (Å²) in [5, 5.41) is 2.60. The molecule has 0 aliphatic carbocycles. The van der Waals surface area contributed by atoms with Gasteiger partial charge in [0.05, 0.1) is 23.7 Å². The first-order valence-corrected chi connectivity index (χ1v) is 14.2. The average molecular weight is 573 g/mol. The molecule has 40 heavy (non-hydrogen) atoms. The largest absolute Gasteiger partial charge is 0.497 e. The fourth-order valence-corrected chi connectivity index (χ4v) is 8.00. The molecule has 9 nitrogen and oxygen atoms in total. The van der Waals surface area contributed by atoms with E-state index in [1.54, 1.807) is 55.9 Å². The van der Waals surface area contributed by atoms with Crippen LogP contribution in [-0.4, -0.2) is 39.6 Å². The fraction of sp³-hybridized carbons (Fsp3) is 0.207. The number of thioether (sulfide) groups is 1. The van der Waals surface area contributed by atoms with Gasteiger partial charge in [-0.15, -0.1) is 0 Å². The molecule has 1 saturated heterocycles. The Labute approximate surface area is 237 Å². The van der Waals surface area contributed by atoms with Gasteiger partial charge in [0.2, 0.25) is 17.7 Å². The Balaban J connectivity index is 1.39. The zero-order valence-corrected chi connectivity index (χ0v) is 23.2. The topological polar surface area (TPSA) is 111 Å². The standard InChI is InChI=1S/C29H24N4O5S2/c1-16-5-3-7-18(13-16)31-21(34)15-32-28-25(40-29(32)37)22(17-6-4-12-30-14-17)23-24(39-28)27(36)33(26(23)35)19-8-10-20(38-2)11-9-19/h3-14,22-24H,15H2,1-2H3,(H,31,34)/t22-,23-,24+/m0/s1. The van der Waals surface area contributed by atoms with E-state index in [1.165, 1.54) is 21.2 Å². The summed E-state index contributed by atoms with van der Waals surface area (Å²) in [6.07, 6.45) is 3.29. The van der Waals surface area contributed by atoms with Crippen LogP contribution in [0, 0.1) is 12.8 Å². The molecule has 3 amide bonds. The van der Waals surface area contributed by atoms with Gasteiger partial charge >= 0.3 is 4.87 Å². The number of amides is 3. The van der Waals surface area contributed by atoms with Crippen molar-refractivity contribution in [3.05, 3.63) is 98.7 Å². The van der Waals surface area contributed by atoms with Crippen molar-refractivity contribution in [2.75, 3.05) is 17.3 Å². The van der Waals surface area contributed by atoms with Gasteiger partial charge in [-0.05, 0) is 60.5 Å². The highest BCUT2D eigenvalue weighted by atomic mass is 32.2. The number of aromatic nitrogens is 2. The van der Waals surface area contributed by atoms with Crippen molar-refractivity contribution in [3.8, 4) is 5.75 Å². The van der Waals surface area contributed by atoms with Crippen molar-refractivity contribution >= 4 is 52.2 Å². The Morgan fingerprint density at radius 3 is 2.55 bits per heavy atom. The van der Waals surface area contributed by atoms with E-state index in [4.69, 9.17) is 4.74 Å². The summed E-state index contributed by atoms with van der Waals surface area (Å²) < 4.78 is 6.63. The van der Waals surface area contributed by atoms with Gasteiger partial charge in [-0.25, -0.2) is 4.90 Å². The van der Waals surface area contributed by atoms with E-state index in [2.05, 4.69) is 10.3 Å². The maximum absolute atomic E-state index is 13.9. The van der Waals surface area contributed by atoms with E-state index in [0.717, 1.165) is 22.5 Å². The van der Waals surface area contributed by atoms with E-state index >= 15 is 0 Å². The van der Waals surface area contributed by atoms with Gasteiger partial charge in [-0.1, -0.05) is 41.3 Å². The Morgan fingerprint density at radius 2 is 1.85 bits per heavy atom. The Hall–Kier alpha value is -4.22. The Bertz CT molecular complexity index is 1680. The Kier molecular flexibility index (Phi) is 6.77. The zero-order valence-electron chi connectivity index (χ0n) is 21.6.